The number of hydrogen-bond acceptors (Lipinski definition) is 2. The number of halogens is 1. The van der Waals surface area contributed by atoms with Gasteiger partial charge in [-0.25, -0.2) is 9.37 Å². The van der Waals surface area contributed by atoms with Crippen LogP contribution in [0, 0.1) is 5.82 Å². The van der Waals surface area contributed by atoms with Gasteiger partial charge in [-0.2, -0.15) is 0 Å². The van der Waals surface area contributed by atoms with Crippen molar-refractivity contribution < 1.29 is 4.39 Å². The Hall–Kier alpha value is -1.42. The normalized spacial score (nSPS) is 20.1. The Kier molecular flexibility index (Phi) is 2.82. The predicted octanol–water partition coefficient (Wildman–Crippen LogP) is 2.83. The summed E-state index contributed by atoms with van der Waals surface area (Å²) in [6, 6.07) is 5.15. The van der Waals surface area contributed by atoms with Crippen LogP contribution in [0.2, 0.25) is 0 Å². The molecule has 0 radical (unpaired) electrons. The second-order valence-electron chi connectivity index (χ2n) is 5.26. The van der Waals surface area contributed by atoms with Crippen molar-refractivity contribution in [1.29, 1.82) is 0 Å². The molecule has 3 nitrogen and oxygen atoms in total. The van der Waals surface area contributed by atoms with Crippen LogP contribution in [0.1, 0.15) is 38.1 Å². The van der Waals surface area contributed by atoms with Crippen LogP contribution in [0.25, 0.3) is 11.0 Å². The van der Waals surface area contributed by atoms with Crippen molar-refractivity contribution >= 4 is 11.0 Å². The molecule has 0 bridgehead atoms. The molecule has 1 aliphatic rings. The minimum absolute atomic E-state index is 0.194. The third kappa shape index (κ3) is 1.81. The molecule has 0 saturated carbocycles. The van der Waals surface area contributed by atoms with Gasteiger partial charge in [-0.15, -0.1) is 0 Å². The highest BCUT2D eigenvalue weighted by Gasteiger charge is 2.24. The summed E-state index contributed by atoms with van der Waals surface area (Å²) in [5.74, 6) is 1.35. The van der Waals surface area contributed by atoms with Crippen molar-refractivity contribution in [1.82, 2.24) is 14.9 Å². The molecule has 1 aliphatic heterocycles. The molecule has 96 valence electrons. The maximum atomic E-state index is 13.4. The van der Waals surface area contributed by atoms with Crippen molar-refractivity contribution in [2.45, 2.75) is 32.2 Å². The highest BCUT2D eigenvalue weighted by molar-refractivity contribution is 5.76. The fourth-order valence-corrected chi connectivity index (χ4v) is 2.79. The molecule has 18 heavy (non-hydrogen) atoms. The predicted molar refractivity (Wildman–Crippen MR) is 70.3 cm³/mol. The quantitative estimate of drug-likeness (QED) is 0.884. The Labute approximate surface area is 106 Å². The van der Waals surface area contributed by atoms with Crippen molar-refractivity contribution in [3.63, 3.8) is 0 Å². The van der Waals surface area contributed by atoms with Gasteiger partial charge < -0.3 is 9.88 Å². The molecule has 1 N–H and O–H groups in total. The van der Waals surface area contributed by atoms with Crippen molar-refractivity contribution in [2.75, 3.05) is 13.1 Å². The number of fused-ring (bicyclic) bond motifs is 1. The van der Waals surface area contributed by atoms with E-state index < -0.39 is 0 Å². The first-order valence-corrected chi connectivity index (χ1v) is 6.55. The smallest absolute Gasteiger partial charge is 0.125 e. The molecule has 2 aromatic rings. The monoisotopic (exact) mass is 247 g/mol. The second-order valence-corrected chi connectivity index (χ2v) is 5.26. The molecule has 4 heteroatoms. The molecule has 1 aromatic heterocycles. The van der Waals surface area contributed by atoms with E-state index in [4.69, 9.17) is 4.98 Å². The molecule has 3 rings (SSSR count). The van der Waals surface area contributed by atoms with Gasteiger partial charge in [0.05, 0.1) is 11.0 Å². The summed E-state index contributed by atoms with van der Waals surface area (Å²) in [5, 5.41) is 3.37. The lowest BCUT2D eigenvalue weighted by Crippen LogP contribution is -2.14. The van der Waals surface area contributed by atoms with Gasteiger partial charge in [0.25, 0.3) is 0 Å². The topological polar surface area (TPSA) is 29.9 Å². The number of aromatic nitrogens is 2. The van der Waals surface area contributed by atoms with Gasteiger partial charge in [-0.3, -0.25) is 0 Å². The van der Waals surface area contributed by atoms with E-state index in [1.165, 1.54) is 6.07 Å². The number of hydrogen-bond donors (Lipinski definition) is 1. The summed E-state index contributed by atoms with van der Waals surface area (Å²) in [7, 11) is 0. The second kappa shape index (κ2) is 4.35. The van der Waals surface area contributed by atoms with Crippen LogP contribution in [0.4, 0.5) is 4.39 Å². The third-order valence-corrected chi connectivity index (χ3v) is 3.62. The summed E-state index contributed by atoms with van der Waals surface area (Å²) < 4.78 is 15.6. The van der Waals surface area contributed by atoms with Crippen LogP contribution in [-0.4, -0.2) is 22.6 Å². The van der Waals surface area contributed by atoms with Crippen LogP contribution in [-0.2, 0) is 0 Å². The van der Waals surface area contributed by atoms with E-state index in [9.17, 15) is 4.39 Å². The number of nitrogens with one attached hydrogen (secondary N) is 1. The van der Waals surface area contributed by atoms with Crippen LogP contribution >= 0.6 is 0 Å². The van der Waals surface area contributed by atoms with Gasteiger partial charge >= 0.3 is 0 Å². The SMILES string of the molecule is CC(C)n1c(C2CCNC2)nc2ccc(F)cc21. The zero-order chi connectivity index (χ0) is 12.7. The molecule has 0 amide bonds. The first kappa shape index (κ1) is 11.7. The molecule has 1 fully saturated rings. The zero-order valence-electron chi connectivity index (χ0n) is 10.8. The Morgan fingerprint density at radius 1 is 1.44 bits per heavy atom. The van der Waals surface area contributed by atoms with Crippen LogP contribution in [0.15, 0.2) is 18.2 Å². The number of benzene rings is 1. The molecule has 1 atom stereocenters. The first-order valence-electron chi connectivity index (χ1n) is 6.55. The van der Waals surface area contributed by atoms with Crippen LogP contribution in [0.3, 0.4) is 0 Å². The number of rotatable bonds is 2. The van der Waals surface area contributed by atoms with E-state index in [1.54, 1.807) is 12.1 Å². The summed E-state index contributed by atoms with van der Waals surface area (Å²) in [4.78, 5) is 4.71. The van der Waals surface area contributed by atoms with Crippen LogP contribution in [0.5, 0.6) is 0 Å². The lowest BCUT2D eigenvalue weighted by atomic mass is 10.1. The van der Waals surface area contributed by atoms with Crippen molar-refractivity contribution in [2.24, 2.45) is 0 Å². The number of imidazole rings is 1. The molecule has 1 aromatic carbocycles. The minimum Gasteiger partial charge on any atom is -0.325 e. The Bertz CT molecular complexity index is 568. The summed E-state index contributed by atoms with van der Waals surface area (Å²) in [5.41, 5.74) is 1.80. The summed E-state index contributed by atoms with van der Waals surface area (Å²) >= 11 is 0. The molecular weight excluding hydrogens is 229 g/mol. The maximum Gasteiger partial charge on any atom is 0.125 e. The van der Waals surface area contributed by atoms with E-state index >= 15 is 0 Å². The molecule has 2 heterocycles. The van der Waals surface area contributed by atoms with E-state index in [0.29, 0.717) is 12.0 Å². The fourth-order valence-electron chi connectivity index (χ4n) is 2.79. The zero-order valence-corrected chi connectivity index (χ0v) is 10.8. The van der Waals surface area contributed by atoms with Gasteiger partial charge in [0.15, 0.2) is 0 Å². The lowest BCUT2D eigenvalue weighted by molar-refractivity contribution is 0.549. The first-order chi connectivity index (χ1) is 8.66. The van der Waals surface area contributed by atoms with E-state index in [2.05, 4.69) is 23.7 Å². The Morgan fingerprint density at radius 3 is 2.94 bits per heavy atom. The number of nitrogens with zero attached hydrogens (tertiary/aromatic N) is 2. The van der Waals surface area contributed by atoms with Crippen molar-refractivity contribution in [3.8, 4) is 0 Å². The molecule has 1 saturated heterocycles. The molecule has 0 aliphatic carbocycles. The highest BCUT2D eigenvalue weighted by atomic mass is 19.1. The van der Waals surface area contributed by atoms with Gasteiger partial charge in [-0.1, -0.05) is 0 Å². The average molecular weight is 247 g/mol. The molecular formula is C14H18FN3. The van der Waals surface area contributed by atoms with Crippen LogP contribution < -0.4 is 5.32 Å². The van der Waals surface area contributed by atoms with Gasteiger partial charge in [0.1, 0.15) is 11.6 Å². The van der Waals surface area contributed by atoms with E-state index in [1.807, 2.05) is 0 Å². The Balaban J connectivity index is 2.20. The van der Waals surface area contributed by atoms with E-state index in [-0.39, 0.29) is 5.82 Å². The lowest BCUT2D eigenvalue weighted by Gasteiger charge is -2.16. The highest BCUT2D eigenvalue weighted by Crippen LogP contribution is 2.29. The average Bonchev–Trinajstić information content (AvgIpc) is 2.94. The Morgan fingerprint density at radius 2 is 2.28 bits per heavy atom. The van der Waals surface area contributed by atoms with Gasteiger partial charge in [-0.05, 0) is 45.0 Å². The molecule has 1 unspecified atom stereocenters. The van der Waals surface area contributed by atoms with Gasteiger partial charge in [0, 0.05) is 18.5 Å². The summed E-state index contributed by atoms with van der Waals surface area (Å²) in [6.07, 6.45) is 1.11. The summed E-state index contributed by atoms with van der Waals surface area (Å²) in [6.45, 7) is 6.26. The maximum absolute atomic E-state index is 13.4. The standard InChI is InChI=1S/C14H18FN3/c1-9(2)18-13-7-11(15)3-4-12(13)17-14(18)10-5-6-16-8-10/h3-4,7,9-10,16H,5-6,8H2,1-2H3. The molecule has 0 spiro atoms. The van der Waals surface area contributed by atoms with Gasteiger partial charge in [0.2, 0.25) is 0 Å². The van der Waals surface area contributed by atoms with E-state index in [0.717, 1.165) is 36.4 Å². The fraction of sp³-hybridized carbons (Fsp3) is 0.500. The largest absolute Gasteiger partial charge is 0.325 e. The minimum atomic E-state index is -0.194. The third-order valence-electron chi connectivity index (χ3n) is 3.62. The van der Waals surface area contributed by atoms with Crippen molar-refractivity contribution in [3.05, 3.63) is 29.8 Å².